The van der Waals surface area contributed by atoms with E-state index in [-0.39, 0.29) is 24.4 Å². The van der Waals surface area contributed by atoms with Gasteiger partial charge in [0.05, 0.1) is 18.6 Å². The summed E-state index contributed by atoms with van der Waals surface area (Å²) in [5, 5.41) is 0. The highest BCUT2D eigenvalue weighted by Gasteiger charge is 2.40. The zero-order valence-corrected chi connectivity index (χ0v) is 17.1. The van der Waals surface area contributed by atoms with Gasteiger partial charge in [-0.25, -0.2) is 4.79 Å². The van der Waals surface area contributed by atoms with Crippen molar-refractivity contribution in [3.63, 3.8) is 0 Å². The minimum Gasteiger partial charge on any atom is -0.368 e. The Labute approximate surface area is 169 Å². The van der Waals surface area contributed by atoms with Gasteiger partial charge in [-0.2, -0.15) is 13.2 Å². The Hall–Kier alpha value is -1.74. The zero-order valence-electron chi connectivity index (χ0n) is 16.2. The quantitative estimate of drug-likeness (QED) is 0.402. The van der Waals surface area contributed by atoms with Crippen LogP contribution in [0, 0.1) is 12.3 Å². The van der Waals surface area contributed by atoms with Gasteiger partial charge in [-0.1, -0.05) is 26.7 Å². The van der Waals surface area contributed by atoms with Gasteiger partial charge >= 0.3 is 11.9 Å². The third-order valence-corrected chi connectivity index (χ3v) is 5.15. The highest BCUT2D eigenvalue weighted by atomic mass is 32.2. The van der Waals surface area contributed by atoms with E-state index in [1.54, 1.807) is 16.7 Å². The first-order chi connectivity index (χ1) is 13.4. The van der Waals surface area contributed by atoms with Crippen LogP contribution in [-0.4, -0.2) is 45.7 Å². The third kappa shape index (κ3) is 6.64. The van der Waals surface area contributed by atoms with Gasteiger partial charge in [-0.15, -0.1) is 18.2 Å². The Morgan fingerprint density at radius 2 is 2.07 bits per heavy atom. The zero-order chi connectivity index (χ0) is 21.8. The van der Waals surface area contributed by atoms with E-state index in [9.17, 15) is 22.8 Å². The maximum absolute atomic E-state index is 13.0. The fraction of sp³-hybridized carbons (Fsp3) is 0.667. The van der Waals surface area contributed by atoms with E-state index >= 15 is 0 Å². The maximum atomic E-state index is 13.0. The lowest BCUT2D eigenvalue weighted by Crippen LogP contribution is -2.36. The Balaban J connectivity index is 2.17. The number of halogens is 3. The lowest BCUT2D eigenvalue weighted by molar-refractivity contribution is -0.139. The number of nitrogens with one attached hydrogen (secondary N) is 1. The number of hydrogen-bond donors (Lipinski definition) is 1. The second-order valence-corrected chi connectivity index (χ2v) is 9.12. The summed E-state index contributed by atoms with van der Waals surface area (Å²) in [5.74, 6) is 2.70. The molecule has 1 aromatic rings. The van der Waals surface area contributed by atoms with Gasteiger partial charge < -0.3 is 14.2 Å². The van der Waals surface area contributed by atoms with Crippen molar-refractivity contribution in [3.8, 4) is 12.3 Å². The molecule has 0 saturated carbocycles. The van der Waals surface area contributed by atoms with E-state index in [2.05, 4.69) is 5.92 Å². The number of rotatable bonds is 7. The lowest BCUT2D eigenvalue weighted by Gasteiger charge is -2.21. The number of H-pyrrole nitrogens is 1. The molecular weight excluding hydrogens is 413 g/mol. The highest BCUT2D eigenvalue weighted by Crippen LogP contribution is 2.32. The molecule has 7 nitrogen and oxygen atoms in total. The molecule has 1 aliphatic heterocycles. The van der Waals surface area contributed by atoms with Crippen LogP contribution in [0.4, 0.5) is 13.2 Å². The van der Waals surface area contributed by atoms with Crippen LogP contribution >= 0.6 is 11.8 Å². The molecule has 1 saturated heterocycles. The van der Waals surface area contributed by atoms with Crippen molar-refractivity contribution in [2.75, 3.05) is 19.2 Å². The van der Waals surface area contributed by atoms with Crippen molar-refractivity contribution >= 4 is 11.8 Å². The van der Waals surface area contributed by atoms with Gasteiger partial charge in [-0.3, -0.25) is 14.3 Å². The standard InChI is InChI=1S/C18H23F3N2O5S/c1-5-6-27-12-7-14(28-13(12)9-26-10-29-17(2,3)4)23-8-11(18(19,20)21)15(24)22-16(23)25/h1,8,12-14H,6-7,9-10H2,2-4H3,(H,22,24,25)/t12-,13+,14+/m0/s1. The number of hydrogen-bond acceptors (Lipinski definition) is 6. The fourth-order valence-electron chi connectivity index (χ4n) is 2.64. The molecule has 0 bridgehead atoms. The van der Waals surface area contributed by atoms with Gasteiger partial charge in [0.1, 0.15) is 24.5 Å². The molecule has 0 radical (unpaired) electrons. The van der Waals surface area contributed by atoms with E-state index in [4.69, 9.17) is 20.6 Å². The summed E-state index contributed by atoms with van der Waals surface area (Å²) in [6.07, 6.45) is -1.45. The topological polar surface area (TPSA) is 82.6 Å². The van der Waals surface area contributed by atoms with Gasteiger partial charge in [0.15, 0.2) is 0 Å². The summed E-state index contributed by atoms with van der Waals surface area (Å²) < 4.78 is 56.6. The van der Waals surface area contributed by atoms with Crippen molar-refractivity contribution in [3.05, 3.63) is 32.6 Å². The average Bonchev–Trinajstić information content (AvgIpc) is 2.97. The number of aromatic amines is 1. The molecule has 3 atom stereocenters. The number of terminal acetylenes is 1. The van der Waals surface area contributed by atoms with Gasteiger partial charge in [0, 0.05) is 17.4 Å². The van der Waals surface area contributed by atoms with Crippen molar-refractivity contribution in [1.82, 2.24) is 9.55 Å². The minimum atomic E-state index is -4.91. The third-order valence-electron chi connectivity index (χ3n) is 4.00. The van der Waals surface area contributed by atoms with Gasteiger partial charge in [0.25, 0.3) is 5.56 Å². The predicted molar refractivity (Wildman–Crippen MR) is 102 cm³/mol. The molecule has 0 amide bonds. The van der Waals surface area contributed by atoms with E-state index in [1.807, 2.05) is 20.8 Å². The monoisotopic (exact) mass is 436 g/mol. The molecule has 0 aromatic carbocycles. The van der Waals surface area contributed by atoms with Crippen LogP contribution in [0.2, 0.25) is 0 Å². The highest BCUT2D eigenvalue weighted by molar-refractivity contribution is 8.00. The lowest BCUT2D eigenvalue weighted by atomic mass is 10.2. The second-order valence-electron chi connectivity index (χ2n) is 7.37. The van der Waals surface area contributed by atoms with Crippen LogP contribution in [0.5, 0.6) is 0 Å². The molecular formula is C18H23F3N2O5S. The van der Waals surface area contributed by atoms with E-state index < -0.39 is 41.4 Å². The van der Waals surface area contributed by atoms with Crippen LogP contribution in [0.25, 0.3) is 0 Å². The summed E-state index contributed by atoms with van der Waals surface area (Å²) >= 11 is 1.57. The average molecular weight is 436 g/mol. The molecule has 29 heavy (non-hydrogen) atoms. The van der Waals surface area contributed by atoms with Crippen molar-refractivity contribution < 1.29 is 27.4 Å². The fourth-order valence-corrected chi connectivity index (χ4v) is 3.17. The number of nitrogens with zero attached hydrogens (tertiary/aromatic N) is 1. The molecule has 162 valence electrons. The molecule has 11 heteroatoms. The molecule has 0 spiro atoms. The van der Waals surface area contributed by atoms with E-state index in [0.29, 0.717) is 16.7 Å². The van der Waals surface area contributed by atoms with E-state index in [0.717, 1.165) is 0 Å². The van der Waals surface area contributed by atoms with Crippen LogP contribution in [-0.2, 0) is 20.4 Å². The number of ether oxygens (including phenoxy) is 3. The van der Waals surface area contributed by atoms with Gasteiger partial charge in [-0.05, 0) is 0 Å². The van der Waals surface area contributed by atoms with Crippen LogP contribution in [0.1, 0.15) is 39.0 Å². The maximum Gasteiger partial charge on any atom is 0.423 e. The Bertz CT molecular complexity index is 853. The van der Waals surface area contributed by atoms with Crippen molar-refractivity contribution in [1.29, 1.82) is 0 Å². The largest absolute Gasteiger partial charge is 0.423 e. The van der Waals surface area contributed by atoms with E-state index in [1.165, 1.54) is 0 Å². The predicted octanol–water partition coefficient (Wildman–Crippen LogP) is 2.37. The van der Waals surface area contributed by atoms with Gasteiger partial charge in [0.2, 0.25) is 0 Å². The molecule has 0 aliphatic carbocycles. The summed E-state index contributed by atoms with van der Waals surface area (Å²) in [6.45, 7) is 6.18. The number of thioether (sulfide) groups is 1. The molecule has 1 fully saturated rings. The number of aromatic nitrogens is 2. The summed E-state index contributed by atoms with van der Waals surface area (Å²) in [7, 11) is 0. The minimum absolute atomic E-state index is 0.00431. The molecule has 1 aliphatic rings. The summed E-state index contributed by atoms with van der Waals surface area (Å²) in [5.41, 5.74) is -3.99. The summed E-state index contributed by atoms with van der Waals surface area (Å²) in [6, 6.07) is 0. The first-order valence-corrected chi connectivity index (χ1v) is 9.76. The van der Waals surface area contributed by atoms with Crippen molar-refractivity contribution in [2.24, 2.45) is 0 Å². The Morgan fingerprint density at radius 3 is 2.66 bits per heavy atom. The normalized spacial score (nSPS) is 22.6. The van der Waals surface area contributed by atoms with Crippen LogP contribution in [0.3, 0.4) is 0 Å². The van der Waals surface area contributed by atoms with Crippen LogP contribution in [0.15, 0.2) is 15.8 Å². The molecule has 1 aromatic heterocycles. The Kier molecular flexibility index (Phi) is 7.62. The smallest absolute Gasteiger partial charge is 0.368 e. The first-order valence-electron chi connectivity index (χ1n) is 8.77. The SMILES string of the molecule is C#CCO[C@H]1C[C@H](n2cc(C(F)(F)F)c(=O)[nH]c2=O)O[C@@H]1COCSC(C)(C)C. The Morgan fingerprint density at radius 1 is 1.38 bits per heavy atom. The molecule has 1 N–H and O–H groups in total. The molecule has 2 rings (SSSR count). The van der Waals surface area contributed by atoms with Crippen LogP contribution < -0.4 is 11.2 Å². The van der Waals surface area contributed by atoms with Crippen molar-refractivity contribution in [2.45, 2.75) is 56.6 Å². The molecule has 0 unspecified atom stereocenters. The molecule has 2 heterocycles. The second kappa shape index (κ2) is 9.38. The summed E-state index contributed by atoms with van der Waals surface area (Å²) in [4.78, 5) is 25.2. The number of alkyl halides is 3. The first kappa shape index (κ1) is 23.5.